The van der Waals surface area contributed by atoms with Gasteiger partial charge in [0.25, 0.3) is 0 Å². The minimum atomic E-state index is -3.49. The molecule has 0 bridgehead atoms. The summed E-state index contributed by atoms with van der Waals surface area (Å²) in [6.45, 7) is 0. The van der Waals surface area contributed by atoms with Gasteiger partial charge in [0.2, 0.25) is 0 Å². The van der Waals surface area contributed by atoms with Gasteiger partial charge in [-0.2, -0.15) is 0 Å². The van der Waals surface area contributed by atoms with Gasteiger partial charge in [0, 0.05) is 0 Å². The van der Waals surface area contributed by atoms with Crippen molar-refractivity contribution in [3.05, 3.63) is 71.8 Å². The summed E-state index contributed by atoms with van der Waals surface area (Å²) in [7, 11) is -3.49. The van der Waals surface area contributed by atoms with Crippen molar-refractivity contribution in [2.24, 2.45) is 0 Å². The Hall–Kier alpha value is 0.310. The highest BCUT2D eigenvalue weighted by Gasteiger charge is 2.39. The van der Waals surface area contributed by atoms with E-state index in [2.05, 4.69) is 63.7 Å². The molecule has 2 nitrogen and oxygen atoms in total. The maximum atomic E-state index is 12.9. The normalized spacial score (nSPS) is 17.2. The van der Waals surface area contributed by atoms with Crippen LogP contribution in [-0.2, 0) is 9.84 Å². The van der Waals surface area contributed by atoms with Crippen LogP contribution in [0.1, 0.15) is 20.8 Å². The Morgan fingerprint density at radius 2 is 0.913 bits per heavy atom. The van der Waals surface area contributed by atoms with E-state index >= 15 is 0 Å². The van der Waals surface area contributed by atoms with E-state index in [9.17, 15) is 8.42 Å². The second-order valence-electron chi connectivity index (χ2n) is 4.92. The van der Waals surface area contributed by atoms with Crippen molar-refractivity contribution in [3.8, 4) is 0 Å². The van der Waals surface area contributed by atoms with Crippen molar-refractivity contribution in [1.82, 2.24) is 0 Å². The molecule has 23 heavy (non-hydrogen) atoms. The van der Waals surface area contributed by atoms with Crippen LogP contribution in [0.2, 0.25) is 0 Å². The van der Waals surface area contributed by atoms with E-state index in [0.29, 0.717) is 0 Å². The summed E-state index contributed by atoms with van der Waals surface area (Å²) < 4.78 is 24.3. The Bertz CT molecular complexity index is 665. The average molecular weight is 590 g/mol. The molecule has 0 fully saturated rings. The van der Waals surface area contributed by atoms with Crippen LogP contribution >= 0.6 is 63.7 Å². The third kappa shape index (κ3) is 4.69. The molecule has 0 heterocycles. The smallest absolute Gasteiger partial charge is 0.178 e. The summed E-state index contributed by atoms with van der Waals surface area (Å²) >= 11 is 13.7. The highest BCUT2D eigenvalue weighted by atomic mass is 79.9. The summed E-state index contributed by atoms with van der Waals surface area (Å²) in [5.74, 6) is 0. The summed E-state index contributed by atoms with van der Waals surface area (Å²) in [6, 6.07) is 18.9. The average Bonchev–Trinajstić information content (AvgIpc) is 2.60. The van der Waals surface area contributed by atoms with Crippen LogP contribution in [0, 0.1) is 0 Å². The Morgan fingerprint density at radius 3 is 1.22 bits per heavy atom. The molecule has 0 aliphatic carbocycles. The molecular weight excluding hydrogens is 576 g/mol. The van der Waals surface area contributed by atoms with Crippen molar-refractivity contribution in [2.45, 2.75) is 18.0 Å². The van der Waals surface area contributed by atoms with Crippen LogP contribution in [0.4, 0.5) is 0 Å². The quantitative estimate of drug-likeness (QED) is 0.381. The van der Waals surface area contributed by atoms with Crippen LogP contribution < -0.4 is 0 Å². The predicted molar refractivity (Wildman–Crippen MR) is 111 cm³/mol. The van der Waals surface area contributed by atoms with Crippen LogP contribution in [0.3, 0.4) is 0 Å². The van der Waals surface area contributed by atoms with Gasteiger partial charge >= 0.3 is 0 Å². The molecule has 2 rings (SSSR count). The molecule has 124 valence electrons. The van der Waals surface area contributed by atoms with E-state index in [1.807, 2.05) is 60.7 Å². The molecule has 0 radical (unpaired) electrons. The first kappa shape index (κ1) is 19.6. The Kier molecular flexibility index (Phi) is 7.35. The molecule has 0 N–H and O–H groups in total. The lowest BCUT2D eigenvalue weighted by molar-refractivity contribution is 0.589. The third-order valence-corrected chi connectivity index (χ3v) is 13.5. The molecule has 2 aromatic rings. The van der Waals surface area contributed by atoms with E-state index in [0.717, 1.165) is 11.1 Å². The Morgan fingerprint density at radius 1 is 0.609 bits per heavy atom. The van der Waals surface area contributed by atoms with E-state index < -0.39 is 18.2 Å². The number of rotatable bonds is 6. The minimum absolute atomic E-state index is 0.343. The van der Waals surface area contributed by atoms with Crippen molar-refractivity contribution in [1.29, 1.82) is 0 Å². The van der Waals surface area contributed by atoms with Crippen LogP contribution in [0.5, 0.6) is 0 Å². The van der Waals surface area contributed by atoms with Gasteiger partial charge in [-0.3, -0.25) is 0 Å². The lowest BCUT2D eigenvalue weighted by Gasteiger charge is -2.24. The number of hydrogen-bond acceptors (Lipinski definition) is 2. The van der Waals surface area contributed by atoms with Gasteiger partial charge < -0.3 is 0 Å². The summed E-state index contributed by atoms with van der Waals surface area (Å²) in [5, 5.41) is 0. The van der Waals surface area contributed by atoms with Crippen molar-refractivity contribution in [2.75, 3.05) is 0 Å². The highest BCUT2D eigenvalue weighted by molar-refractivity contribution is 9.15. The summed E-state index contributed by atoms with van der Waals surface area (Å²) in [6.07, 6.45) is 0. The molecule has 7 heteroatoms. The molecule has 0 spiro atoms. The van der Waals surface area contributed by atoms with E-state index in [-0.39, 0.29) is 9.65 Å². The lowest BCUT2D eigenvalue weighted by Crippen LogP contribution is -2.29. The van der Waals surface area contributed by atoms with Crippen LogP contribution in [-0.4, -0.2) is 16.7 Å². The van der Waals surface area contributed by atoms with Gasteiger partial charge in [-0.1, -0.05) is 124 Å². The van der Waals surface area contributed by atoms with Crippen LogP contribution in [0.15, 0.2) is 60.7 Å². The molecule has 0 saturated carbocycles. The van der Waals surface area contributed by atoms with Crippen LogP contribution in [0.25, 0.3) is 0 Å². The number of sulfone groups is 1. The zero-order valence-corrected chi connectivity index (χ0v) is 19.0. The standard InChI is InChI=1S/C16H14Br4O2S/c17-13(11-7-3-1-4-8-11)15(19)23(21,22)16(20)14(18)12-9-5-2-6-10-12/h1-10,13-16H. The van der Waals surface area contributed by atoms with Crippen molar-refractivity contribution >= 4 is 73.6 Å². The van der Waals surface area contributed by atoms with Gasteiger partial charge in [-0.15, -0.1) is 0 Å². The first-order valence-electron chi connectivity index (χ1n) is 6.74. The largest absolute Gasteiger partial charge is 0.226 e. The molecule has 0 aliphatic heterocycles. The van der Waals surface area contributed by atoms with Gasteiger partial charge in [0.05, 0.1) is 9.65 Å². The van der Waals surface area contributed by atoms with E-state index in [4.69, 9.17) is 0 Å². The number of benzene rings is 2. The second-order valence-corrected chi connectivity index (χ2v) is 12.3. The third-order valence-electron chi connectivity index (χ3n) is 3.32. The predicted octanol–water partition coefficient (Wildman–Crippen LogP) is 6.12. The Labute approximate surface area is 170 Å². The molecule has 4 atom stereocenters. The van der Waals surface area contributed by atoms with Gasteiger partial charge in [0.15, 0.2) is 9.84 Å². The fourth-order valence-electron chi connectivity index (χ4n) is 2.03. The first-order chi connectivity index (χ1) is 10.9. The topological polar surface area (TPSA) is 34.1 Å². The lowest BCUT2D eigenvalue weighted by atomic mass is 10.2. The first-order valence-corrected chi connectivity index (χ1v) is 12.0. The van der Waals surface area contributed by atoms with Crippen molar-refractivity contribution < 1.29 is 8.42 Å². The summed E-state index contributed by atoms with van der Waals surface area (Å²) in [5.41, 5.74) is 1.81. The fraction of sp³-hybridized carbons (Fsp3) is 0.250. The van der Waals surface area contributed by atoms with Gasteiger partial charge in [0.1, 0.15) is 8.32 Å². The molecule has 0 amide bonds. The fourth-order valence-corrected chi connectivity index (χ4v) is 8.55. The summed E-state index contributed by atoms with van der Waals surface area (Å²) in [4.78, 5) is -0.687. The highest BCUT2D eigenvalue weighted by Crippen LogP contribution is 2.42. The zero-order chi connectivity index (χ0) is 17.0. The maximum Gasteiger partial charge on any atom is 0.178 e. The van der Waals surface area contributed by atoms with Gasteiger partial charge in [-0.05, 0) is 11.1 Å². The molecule has 2 aromatic carbocycles. The SMILES string of the molecule is O=S(=O)(C(Br)C(Br)c1ccccc1)C(Br)C(Br)c1ccccc1. The maximum absolute atomic E-state index is 12.9. The minimum Gasteiger partial charge on any atom is -0.226 e. The van der Waals surface area contributed by atoms with E-state index in [1.54, 1.807) is 0 Å². The van der Waals surface area contributed by atoms with Gasteiger partial charge in [-0.25, -0.2) is 8.42 Å². The number of alkyl halides is 4. The molecular formula is C16H14Br4O2S. The molecule has 4 unspecified atom stereocenters. The Balaban J connectivity index is 2.23. The monoisotopic (exact) mass is 586 g/mol. The number of hydrogen-bond donors (Lipinski definition) is 0. The van der Waals surface area contributed by atoms with E-state index in [1.165, 1.54) is 0 Å². The van der Waals surface area contributed by atoms with Crippen molar-refractivity contribution in [3.63, 3.8) is 0 Å². The number of halogens is 4. The molecule has 0 aliphatic rings. The molecule has 0 aromatic heterocycles. The molecule has 0 saturated heterocycles. The second kappa shape index (κ2) is 8.61. The zero-order valence-electron chi connectivity index (χ0n) is 11.8.